The van der Waals surface area contributed by atoms with Crippen molar-refractivity contribution in [1.82, 2.24) is 14.5 Å². The SMILES string of the molecule is Cc1cc(ON)c2ncn(C3OC(CO)C(O)C3O)c2n1. The maximum Gasteiger partial charge on any atom is 0.178 e. The van der Waals surface area contributed by atoms with Crippen LogP contribution in [0.15, 0.2) is 12.4 Å². The summed E-state index contributed by atoms with van der Waals surface area (Å²) >= 11 is 0. The van der Waals surface area contributed by atoms with Gasteiger partial charge >= 0.3 is 0 Å². The van der Waals surface area contributed by atoms with Crippen molar-refractivity contribution >= 4 is 11.2 Å². The van der Waals surface area contributed by atoms with Crippen molar-refractivity contribution in [3.63, 3.8) is 0 Å². The van der Waals surface area contributed by atoms with E-state index >= 15 is 0 Å². The number of ether oxygens (including phenoxy) is 1. The summed E-state index contributed by atoms with van der Waals surface area (Å²) in [7, 11) is 0. The Labute approximate surface area is 119 Å². The number of aliphatic hydroxyl groups excluding tert-OH is 3. The van der Waals surface area contributed by atoms with Crippen molar-refractivity contribution in [1.29, 1.82) is 0 Å². The standard InChI is InChI=1S/C12H16N4O5/c1-5-2-6(21-13)8-11(15-5)16(4-14-8)12-10(19)9(18)7(3-17)20-12/h2,4,7,9-10,12,17-19H,3,13H2,1H3. The Bertz CT molecular complexity index is 660. The second-order valence-corrected chi connectivity index (χ2v) is 4.93. The van der Waals surface area contributed by atoms with Crippen LogP contribution in [0.4, 0.5) is 0 Å². The number of fused-ring (bicyclic) bond motifs is 1. The predicted octanol–water partition coefficient (Wildman–Crippen LogP) is -1.40. The van der Waals surface area contributed by atoms with Gasteiger partial charge in [-0.3, -0.25) is 4.57 Å². The number of hydrogen-bond acceptors (Lipinski definition) is 8. The first-order valence-electron chi connectivity index (χ1n) is 6.40. The zero-order chi connectivity index (χ0) is 15.1. The zero-order valence-corrected chi connectivity index (χ0v) is 11.2. The summed E-state index contributed by atoms with van der Waals surface area (Å²) in [6.45, 7) is 1.36. The summed E-state index contributed by atoms with van der Waals surface area (Å²) in [6.07, 6.45) is -2.74. The van der Waals surface area contributed by atoms with E-state index in [1.807, 2.05) is 0 Å². The van der Waals surface area contributed by atoms with Gasteiger partial charge in [-0.05, 0) is 6.92 Å². The Balaban J connectivity index is 2.07. The van der Waals surface area contributed by atoms with Crippen LogP contribution in [0.3, 0.4) is 0 Å². The summed E-state index contributed by atoms with van der Waals surface area (Å²) in [5.74, 6) is 5.56. The third-order valence-electron chi connectivity index (χ3n) is 3.54. The third-order valence-corrected chi connectivity index (χ3v) is 3.54. The number of nitrogens with two attached hydrogens (primary N) is 1. The molecule has 0 radical (unpaired) electrons. The number of hydrogen-bond donors (Lipinski definition) is 4. The van der Waals surface area contributed by atoms with E-state index in [0.29, 0.717) is 22.6 Å². The summed E-state index contributed by atoms with van der Waals surface area (Å²) in [6, 6.07) is 1.64. The highest BCUT2D eigenvalue weighted by molar-refractivity contribution is 5.78. The zero-order valence-electron chi connectivity index (χ0n) is 11.2. The molecule has 0 spiro atoms. The van der Waals surface area contributed by atoms with Crippen LogP contribution in [0.2, 0.25) is 0 Å². The maximum atomic E-state index is 10.1. The van der Waals surface area contributed by atoms with E-state index in [-0.39, 0.29) is 0 Å². The van der Waals surface area contributed by atoms with Crippen LogP contribution < -0.4 is 10.7 Å². The fourth-order valence-corrected chi connectivity index (χ4v) is 2.48. The Morgan fingerprint density at radius 3 is 2.81 bits per heavy atom. The lowest BCUT2D eigenvalue weighted by Gasteiger charge is -2.16. The maximum absolute atomic E-state index is 10.1. The quantitative estimate of drug-likeness (QED) is 0.508. The van der Waals surface area contributed by atoms with Gasteiger partial charge in [0.25, 0.3) is 0 Å². The first-order valence-corrected chi connectivity index (χ1v) is 6.40. The molecule has 4 atom stereocenters. The van der Waals surface area contributed by atoms with Gasteiger partial charge in [-0.15, -0.1) is 0 Å². The number of aryl methyl sites for hydroxylation is 1. The van der Waals surface area contributed by atoms with E-state index in [1.165, 1.54) is 10.9 Å². The van der Waals surface area contributed by atoms with Gasteiger partial charge in [-0.1, -0.05) is 0 Å². The van der Waals surface area contributed by atoms with Gasteiger partial charge in [0.15, 0.2) is 23.1 Å². The average Bonchev–Trinajstić information content (AvgIpc) is 3.01. The molecular weight excluding hydrogens is 280 g/mol. The smallest absolute Gasteiger partial charge is 0.178 e. The highest BCUT2D eigenvalue weighted by Gasteiger charge is 2.44. The van der Waals surface area contributed by atoms with Crippen LogP contribution in [0.1, 0.15) is 11.9 Å². The van der Waals surface area contributed by atoms with Gasteiger partial charge in [0.1, 0.15) is 18.3 Å². The molecule has 4 unspecified atom stereocenters. The molecule has 2 aromatic rings. The highest BCUT2D eigenvalue weighted by Crippen LogP contribution is 2.33. The molecule has 1 saturated heterocycles. The molecule has 1 fully saturated rings. The first-order chi connectivity index (χ1) is 10.1. The Morgan fingerprint density at radius 1 is 1.43 bits per heavy atom. The Morgan fingerprint density at radius 2 is 2.19 bits per heavy atom. The molecule has 1 aliphatic rings. The normalized spacial score (nSPS) is 29.2. The number of aromatic nitrogens is 3. The van der Waals surface area contributed by atoms with Crippen LogP contribution in [-0.4, -0.2) is 54.8 Å². The van der Waals surface area contributed by atoms with Crippen LogP contribution >= 0.6 is 0 Å². The average molecular weight is 296 g/mol. The fourth-order valence-electron chi connectivity index (χ4n) is 2.48. The molecule has 9 heteroatoms. The minimum Gasteiger partial charge on any atom is -0.409 e. The molecule has 114 valence electrons. The topological polar surface area (TPSA) is 136 Å². The second-order valence-electron chi connectivity index (χ2n) is 4.93. The molecule has 0 aliphatic carbocycles. The molecule has 2 aromatic heterocycles. The van der Waals surface area contributed by atoms with E-state index in [4.69, 9.17) is 20.6 Å². The highest BCUT2D eigenvalue weighted by atomic mass is 16.6. The number of nitrogens with zero attached hydrogens (tertiary/aromatic N) is 3. The lowest BCUT2D eigenvalue weighted by atomic mass is 10.1. The van der Waals surface area contributed by atoms with Crippen molar-refractivity contribution in [2.75, 3.05) is 6.61 Å². The first kappa shape index (κ1) is 14.2. The number of pyridine rings is 1. The van der Waals surface area contributed by atoms with Gasteiger partial charge in [0.05, 0.1) is 12.9 Å². The molecule has 0 aromatic carbocycles. The molecule has 3 heterocycles. The number of rotatable bonds is 3. The molecule has 1 aliphatic heterocycles. The van der Waals surface area contributed by atoms with Crippen molar-refractivity contribution in [2.24, 2.45) is 5.90 Å². The predicted molar refractivity (Wildman–Crippen MR) is 70.1 cm³/mol. The van der Waals surface area contributed by atoms with E-state index in [1.54, 1.807) is 13.0 Å². The van der Waals surface area contributed by atoms with E-state index in [2.05, 4.69) is 9.97 Å². The Hall–Kier alpha value is -1.78. The van der Waals surface area contributed by atoms with Gasteiger partial charge in [0, 0.05) is 11.8 Å². The van der Waals surface area contributed by atoms with Gasteiger partial charge in [-0.2, -0.15) is 5.90 Å². The van der Waals surface area contributed by atoms with Crippen molar-refractivity contribution in [3.05, 3.63) is 18.1 Å². The van der Waals surface area contributed by atoms with E-state index < -0.39 is 31.1 Å². The van der Waals surface area contributed by atoms with Crippen LogP contribution in [0.5, 0.6) is 5.75 Å². The monoisotopic (exact) mass is 296 g/mol. The summed E-state index contributed by atoms with van der Waals surface area (Å²) < 4.78 is 6.94. The Kier molecular flexibility index (Phi) is 3.51. The third kappa shape index (κ3) is 2.15. The van der Waals surface area contributed by atoms with Gasteiger partial charge < -0.3 is 24.9 Å². The molecule has 0 saturated carbocycles. The largest absolute Gasteiger partial charge is 0.409 e. The minimum atomic E-state index is -1.20. The van der Waals surface area contributed by atoms with Gasteiger partial charge in [0.2, 0.25) is 0 Å². The van der Waals surface area contributed by atoms with Gasteiger partial charge in [-0.25, -0.2) is 9.97 Å². The van der Waals surface area contributed by atoms with E-state index in [9.17, 15) is 10.2 Å². The molecule has 3 rings (SSSR count). The summed E-state index contributed by atoms with van der Waals surface area (Å²) in [5.41, 5.74) is 1.47. The summed E-state index contributed by atoms with van der Waals surface area (Å²) in [5, 5.41) is 29.0. The van der Waals surface area contributed by atoms with Crippen molar-refractivity contribution < 1.29 is 24.9 Å². The van der Waals surface area contributed by atoms with Crippen LogP contribution in [0.25, 0.3) is 11.2 Å². The molecule has 5 N–H and O–H groups in total. The van der Waals surface area contributed by atoms with Crippen LogP contribution in [0, 0.1) is 6.92 Å². The number of aliphatic hydroxyl groups is 3. The second kappa shape index (κ2) is 5.20. The lowest BCUT2D eigenvalue weighted by molar-refractivity contribution is -0.0511. The van der Waals surface area contributed by atoms with E-state index in [0.717, 1.165) is 0 Å². The molecule has 9 nitrogen and oxygen atoms in total. The molecular formula is C12H16N4O5. The minimum absolute atomic E-state index is 0.350. The fraction of sp³-hybridized carbons (Fsp3) is 0.500. The summed E-state index contributed by atoms with van der Waals surface area (Å²) in [4.78, 5) is 13.2. The molecule has 21 heavy (non-hydrogen) atoms. The number of imidazole rings is 1. The van der Waals surface area contributed by atoms with Crippen LogP contribution in [-0.2, 0) is 4.74 Å². The molecule has 0 amide bonds. The molecule has 0 bridgehead atoms. The van der Waals surface area contributed by atoms with Crippen molar-refractivity contribution in [3.8, 4) is 5.75 Å². The lowest BCUT2D eigenvalue weighted by Crippen LogP contribution is -2.33. The van der Waals surface area contributed by atoms with Crippen molar-refractivity contribution in [2.45, 2.75) is 31.5 Å².